The highest BCUT2D eigenvalue weighted by molar-refractivity contribution is 6.12. The molecule has 26 heavy (non-hydrogen) atoms. The summed E-state index contributed by atoms with van der Waals surface area (Å²) >= 11 is 0. The number of phenols is 1. The molecule has 0 unspecified atom stereocenters. The fourth-order valence-corrected chi connectivity index (χ4v) is 3.53. The van der Waals surface area contributed by atoms with Gasteiger partial charge in [-0.1, -0.05) is 54.6 Å². The zero-order valence-electron chi connectivity index (χ0n) is 14.7. The lowest BCUT2D eigenvalue weighted by Crippen LogP contribution is -1.94. The van der Waals surface area contributed by atoms with Gasteiger partial charge in [0, 0.05) is 30.0 Å². The Balaban J connectivity index is 2.22. The van der Waals surface area contributed by atoms with Crippen molar-refractivity contribution < 1.29 is 9.84 Å². The summed E-state index contributed by atoms with van der Waals surface area (Å²) in [6.45, 7) is 0. The number of nitrogens with zero attached hydrogens (tertiary/aromatic N) is 1. The van der Waals surface area contributed by atoms with E-state index in [4.69, 9.17) is 4.74 Å². The second-order valence-electron chi connectivity index (χ2n) is 6.16. The van der Waals surface area contributed by atoms with Crippen molar-refractivity contribution in [3.05, 3.63) is 72.3 Å². The molecule has 0 spiro atoms. The van der Waals surface area contributed by atoms with Gasteiger partial charge in [0.25, 0.3) is 0 Å². The van der Waals surface area contributed by atoms with Crippen LogP contribution in [0.1, 0.15) is 5.56 Å². The number of benzene rings is 4. The van der Waals surface area contributed by atoms with E-state index in [-0.39, 0.29) is 5.75 Å². The first-order valence-electron chi connectivity index (χ1n) is 8.47. The topological polar surface area (TPSA) is 41.8 Å². The van der Waals surface area contributed by atoms with E-state index in [2.05, 4.69) is 17.1 Å². The van der Waals surface area contributed by atoms with Gasteiger partial charge in [-0.05, 0) is 33.7 Å². The van der Waals surface area contributed by atoms with Crippen molar-refractivity contribution in [1.29, 1.82) is 0 Å². The van der Waals surface area contributed by atoms with Crippen LogP contribution < -0.4 is 4.74 Å². The lowest BCUT2D eigenvalue weighted by atomic mass is 9.90. The molecular formula is C23H19NO2. The van der Waals surface area contributed by atoms with Crippen LogP contribution in [-0.2, 0) is 0 Å². The molecule has 0 amide bonds. The van der Waals surface area contributed by atoms with Gasteiger partial charge in [-0.2, -0.15) is 0 Å². The predicted octanol–water partition coefficient (Wildman–Crippen LogP) is 5.42. The van der Waals surface area contributed by atoms with E-state index in [0.717, 1.165) is 38.4 Å². The summed E-state index contributed by atoms with van der Waals surface area (Å²) in [4.78, 5) is 4.10. The van der Waals surface area contributed by atoms with E-state index in [0.29, 0.717) is 5.56 Å². The van der Waals surface area contributed by atoms with E-state index in [1.807, 2.05) is 54.6 Å². The first-order valence-corrected chi connectivity index (χ1v) is 8.47. The molecule has 4 aromatic rings. The second-order valence-corrected chi connectivity index (χ2v) is 6.16. The SMILES string of the molecule is CN=Cc1cc2ccccc2c(-c2c(OC)ccc3ccccc23)c1O. The number of aliphatic imine (C=N–C) groups is 1. The van der Waals surface area contributed by atoms with Crippen LogP contribution in [0.4, 0.5) is 0 Å². The molecule has 0 saturated heterocycles. The first kappa shape index (κ1) is 16.2. The molecule has 1 N–H and O–H groups in total. The number of hydrogen-bond donors (Lipinski definition) is 1. The molecular weight excluding hydrogens is 322 g/mol. The fraction of sp³-hybridized carbons (Fsp3) is 0.0870. The van der Waals surface area contributed by atoms with Crippen LogP contribution in [0.5, 0.6) is 11.5 Å². The highest BCUT2D eigenvalue weighted by Crippen LogP contribution is 2.46. The quantitative estimate of drug-likeness (QED) is 0.505. The Morgan fingerprint density at radius 1 is 0.846 bits per heavy atom. The summed E-state index contributed by atoms with van der Waals surface area (Å²) in [5.41, 5.74) is 2.36. The van der Waals surface area contributed by atoms with Gasteiger partial charge >= 0.3 is 0 Å². The molecule has 3 heteroatoms. The van der Waals surface area contributed by atoms with Crippen LogP contribution in [-0.4, -0.2) is 25.5 Å². The highest BCUT2D eigenvalue weighted by Gasteiger charge is 2.19. The van der Waals surface area contributed by atoms with Crippen LogP contribution in [0.3, 0.4) is 0 Å². The van der Waals surface area contributed by atoms with Gasteiger partial charge in [0.05, 0.1) is 7.11 Å². The summed E-state index contributed by atoms with van der Waals surface area (Å²) in [5.74, 6) is 0.943. The third-order valence-corrected chi connectivity index (χ3v) is 4.68. The van der Waals surface area contributed by atoms with Crippen molar-refractivity contribution in [1.82, 2.24) is 0 Å². The van der Waals surface area contributed by atoms with E-state index in [1.165, 1.54) is 0 Å². The summed E-state index contributed by atoms with van der Waals surface area (Å²) < 4.78 is 5.67. The lowest BCUT2D eigenvalue weighted by molar-refractivity contribution is 0.416. The molecule has 0 aliphatic heterocycles. The Hall–Kier alpha value is -3.33. The van der Waals surface area contributed by atoms with Gasteiger partial charge in [-0.3, -0.25) is 4.99 Å². The number of aromatic hydroxyl groups is 1. The molecule has 0 heterocycles. The number of phenolic OH excluding ortho intramolecular Hbond substituents is 1. The predicted molar refractivity (Wildman–Crippen MR) is 109 cm³/mol. The van der Waals surface area contributed by atoms with E-state index < -0.39 is 0 Å². The van der Waals surface area contributed by atoms with Crippen molar-refractivity contribution >= 4 is 27.8 Å². The van der Waals surface area contributed by atoms with Gasteiger partial charge in [0.2, 0.25) is 0 Å². The minimum absolute atomic E-state index is 0.212. The Labute approximate surface area is 152 Å². The molecule has 4 rings (SSSR count). The molecule has 0 bridgehead atoms. The maximum atomic E-state index is 11.1. The van der Waals surface area contributed by atoms with Gasteiger partial charge in [-0.15, -0.1) is 0 Å². The molecule has 0 saturated carbocycles. The van der Waals surface area contributed by atoms with Crippen LogP contribution in [0.15, 0.2) is 71.7 Å². The van der Waals surface area contributed by atoms with Gasteiger partial charge < -0.3 is 9.84 Å². The molecule has 0 aromatic heterocycles. The Morgan fingerprint density at radius 2 is 1.50 bits per heavy atom. The maximum Gasteiger partial charge on any atom is 0.132 e. The molecule has 128 valence electrons. The van der Waals surface area contributed by atoms with Crippen molar-refractivity contribution in [3.63, 3.8) is 0 Å². The molecule has 0 aliphatic rings. The van der Waals surface area contributed by atoms with Gasteiger partial charge in [0.15, 0.2) is 0 Å². The highest BCUT2D eigenvalue weighted by atomic mass is 16.5. The average Bonchev–Trinajstić information content (AvgIpc) is 2.68. The minimum atomic E-state index is 0.212. The van der Waals surface area contributed by atoms with E-state index >= 15 is 0 Å². The van der Waals surface area contributed by atoms with Crippen molar-refractivity contribution in [2.24, 2.45) is 4.99 Å². The lowest BCUT2D eigenvalue weighted by Gasteiger charge is -2.17. The third kappa shape index (κ3) is 2.49. The summed E-state index contributed by atoms with van der Waals surface area (Å²) in [6, 6.07) is 22.1. The normalized spacial score (nSPS) is 11.5. The summed E-state index contributed by atoms with van der Waals surface area (Å²) in [7, 11) is 3.36. The van der Waals surface area contributed by atoms with Crippen molar-refractivity contribution in [2.75, 3.05) is 14.2 Å². The minimum Gasteiger partial charge on any atom is -0.507 e. The number of hydrogen-bond acceptors (Lipinski definition) is 3. The number of rotatable bonds is 3. The van der Waals surface area contributed by atoms with E-state index in [1.54, 1.807) is 20.4 Å². The largest absolute Gasteiger partial charge is 0.507 e. The van der Waals surface area contributed by atoms with Gasteiger partial charge in [-0.25, -0.2) is 0 Å². The number of fused-ring (bicyclic) bond motifs is 2. The second kappa shape index (κ2) is 6.52. The standard InChI is InChI=1S/C23H19NO2/c1-24-14-17-13-16-8-4-6-10-19(16)22(23(17)25)21-18-9-5-3-7-15(18)11-12-20(21)26-2/h3-14,25H,1-2H3. The van der Waals surface area contributed by atoms with Crippen LogP contribution in [0.25, 0.3) is 32.7 Å². The fourth-order valence-electron chi connectivity index (χ4n) is 3.53. The molecule has 0 fully saturated rings. The Bertz CT molecular complexity index is 1150. The van der Waals surface area contributed by atoms with E-state index in [9.17, 15) is 5.11 Å². The monoisotopic (exact) mass is 341 g/mol. The summed E-state index contributed by atoms with van der Waals surface area (Å²) in [5, 5.41) is 15.3. The molecule has 4 aromatic carbocycles. The van der Waals surface area contributed by atoms with Crippen molar-refractivity contribution in [2.45, 2.75) is 0 Å². The third-order valence-electron chi connectivity index (χ3n) is 4.68. The molecule has 0 atom stereocenters. The molecule has 0 aliphatic carbocycles. The zero-order valence-corrected chi connectivity index (χ0v) is 14.7. The maximum absolute atomic E-state index is 11.1. The van der Waals surface area contributed by atoms with Gasteiger partial charge in [0.1, 0.15) is 11.5 Å². The Morgan fingerprint density at radius 3 is 2.19 bits per heavy atom. The van der Waals surface area contributed by atoms with Crippen LogP contribution >= 0.6 is 0 Å². The number of methoxy groups -OCH3 is 1. The van der Waals surface area contributed by atoms with Crippen molar-refractivity contribution in [3.8, 4) is 22.6 Å². The zero-order chi connectivity index (χ0) is 18.1. The molecule has 0 radical (unpaired) electrons. The van der Waals surface area contributed by atoms with Crippen LogP contribution in [0.2, 0.25) is 0 Å². The Kier molecular flexibility index (Phi) is 4.05. The average molecular weight is 341 g/mol. The van der Waals surface area contributed by atoms with Crippen LogP contribution in [0, 0.1) is 0 Å². The molecule has 3 nitrogen and oxygen atoms in total. The smallest absolute Gasteiger partial charge is 0.132 e. The first-order chi connectivity index (χ1) is 12.7. The number of ether oxygens (including phenoxy) is 1. The summed E-state index contributed by atoms with van der Waals surface area (Å²) in [6.07, 6.45) is 1.68.